The van der Waals surface area contributed by atoms with Crippen LogP contribution in [0.5, 0.6) is 0 Å². The lowest BCUT2D eigenvalue weighted by Gasteiger charge is -2.21. The molecular weight excluding hydrogens is 271 g/mol. The average molecular weight is 284 g/mol. The maximum atomic E-state index is 13.2. The molecule has 21 heavy (non-hydrogen) atoms. The second-order valence-electron chi connectivity index (χ2n) is 4.72. The summed E-state index contributed by atoms with van der Waals surface area (Å²) < 4.78 is 13.2. The van der Waals surface area contributed by atoms with Crippen LogP contribution < -0.4 is 5.32 Å². The van der Waals surface area contributed by atoms with E-state index in [1.165, 1.54) is 12.1 Å². The Balaban J connectivity index is 1.74. The molecule has 1 unspecified atom stereocenters. The van der Waals surface area contributed by atoms with E-state index in [1.54, 1.807) is 12.1 Å². The van der Waals surface area contributed by atoms with Crippen LogP contribution in [-0.2, 0) is 16.1 Å². The summed E-state index contributed by atoms with van der Waals surface area (Å²) in [6, 6.07) is 15.4. The first kappa shape index (κ1) is 13.3. The molecule has 4 nitrogen and oxygen atoms in total. The van der Waals surface area contributed by atoms with Crippen molar-refractivity contribution in [2.24, 2.45) is 5.16 Å². The van der Waals surface area contributed by atoms with E-state index < -0.39 is 11.9 Å². The maximum Gasteiger partial charge on any atom is 0.269 e. The van der Waals surface area contributed by atoms with Gasteiger partial charge < -0.3 is 10.2 Å². The first-order chi connectivity index (χ1) is 10.2. The molecule has 106 valence electrons. The Labute approximate surface area is 121 Å². The highest BCUT2D eigenvalue weighted by Crippen LogP contribution is 2.12. The molecule has 0 saturated carbocycles. The second kappa shape index (κ2) is 5.75. The SMILES string of the molecule is O=C1NC(c2cccc(F)c2)=NOC1Cc1ccccc1. The maximum absolute atomic E-state index is 13.2. The van der Waals surface area contributed by atoms with Gasteiger partial charge in [0.25, 0.3) is 5.91 Å². The molecule has 1 heterocycles. The minimum Gasteiger partial charge on any atom is -0.380 e. The van der Waals surface area contributed by atoms with Crippen molar-refractivity contribution in [3.05, 3.63) is 71.5 Å². The third-order valence-corrected chi connectivity index (χ3v) is 3.17. The molecule has 0 fully saturated rings. The van der Waals surface area contributed by atoms with Gasteiger partial charge in [0.2, 0.25) is 6.10 Å². The monoisotopic (exact) mass is 284 g/mol. The summed E-state index contributed by atoms with van der Waals surface area (Å²) >= 11 is 0. The molecule has 0 spiro atoms. The zero-order chi connectivity index (χ0) is 14.7. The predicted molar refractivity (Wildman–Crippen MR) is 76.1 cm³/mol. The third kappa shape index (κ3) is 3.08. The first-order valence-corrected chi connectivity index (χ1v) is 6.57. The van der Waals surface area contributed by atoms with Crippen molar-refractivity contribution in [2.75, 3.05) is 0 Å². The molecule has 1 N–H and O–H groups in total. The average Bonchev–Trinajstić information content (AvgIpc) is 2.50. The number of carbonyl (C=O) groups excluding carboxylic acids is 1. The Kier molecular flexibility index (Phi) is 3.64. The molecule has 2 aromatic rings. The molecule has 0 aliphatic carbocycles. The minimum absolute atomic E-state index is 0.226. The summed E-state index contributed by atoms with van der Waals surface area (Å²) in [6.45, 7) is 0. The van der Waals surface area contributed by atoms with Crippen molar-refractivity contribution in [3.8, 4) is 0 Å². The Bertz CT molecular complexity index is 686. The normalized spacial score (nSPS) is 17.7. The van der Waals surface area contributed by atoms with Gasteiger partial charge in [-0.15, -0.1) is 0 Å². The number of benzene rings is 2. The van der Waals surface area contributed by atoms with Crippen LogP contribution in [0, 0.1) is 5.82 Å². The zero-order valence-electron chi connectivity index (χ0n) is 11.1. The number of nitrogens with one attached hydrogen (secondary N) is 1. The van der Waals surface area contributed by atoms with E-state index in [4.69, 9.17) is 4.84 Å². The molecule has 0 radical (unpaired) electrons. The van der Waals surface area contributed by atoms with Crippen LogP contribution in [-0.4, -0.2) is 17.8 Å². The Morgan fingerprint density at radius 1 is 1.14 bits per heavy atom. The first-order valence-electron chi connectivity index (χ1n) is 6.57. The summed E-state index contributed by atoms with van der Waals surface area (Å²) in [7, 11) is 0. The number of rotatable bonds is 3. The van der Waals surface area contributed by atoms with Crippen molar-refractivity contribution in [3.63, 3.8) is 0 Å². The quantitative estimate of drug-likeness (QED) is 0.939. The molecule has 0 saturated heterocycles. The van der Waals surface area contributed by atoms with E-state index in [0.29, 0.717) is 12.0 Å². The van der Waals surface area contributed by atoms with Crippen LogP contribution in [0.1, 0.15) is 11.1 Å². The van der Waals surface area contributed by atoms with Crippen LogP contribution in [0.4, 0.5) is 4.39 Å². The van der Waals surface area contributed by atoms with Crippen LogP contribution in [0.15, 0.2) is 59.8 Å². The number of amidine groups is 1. The molecule has 5 heteroatoms. The lowest BCUT2D eigenvalue weighted by atomic mass is 10.1. The van der Waals surface area contributed by atoms with E-state index in [-0.39, 0.29) is 11.7 Å². The molecule has 2 aromatic carbocycles. The Morgan fingerprint density at radius 2 is 1.95 bits per heavy atom. The number of carbonyl (C=O) groups is 1. The zero-order valence-corrected chi connectivity index (χ0v) is 11.1. The minimum atomic E-state index is -0.676. The fraction of sp³-hybridized carbons (Fsp3) is 0.125. The largest absolute Gasteiger partial charge is 0.380 e. The standard InChI is InChI=1S/C16H13FN2O2/c17-13-8-4-7-12(10-13)15-18-16(20)14(21-19-15)9-11-5-2-1-3-6-11/h1-8,10,14H,9H2,(H,18,19,20). The number of nitrogens with zero attached hydrogens (tertiary/aromatic N) is 1. The van der Waals surface area contributed by atoms with Crippen molar-refractivity contribution in [2.45, 2.75) is 12.5 Å². The van der Waals surface area contributed by atoms with Gasteiger partial charge in [-0.3, -0.25) is 4.79 Å². The van der Waals surface area contributed by atoms with Gasteiger partial charge in [0, 0.05) is 12.0 Å². The molecule has 0 aromatic heterocycles. The van der Waals surface area contributed by atoms with Gasteiger partial charge in [-0.05, 0) is 17.7 Å². The van der Waals surface area contributed by atoms with Gasteiger partial charge >= 0.3 is 0 Å². The molecule has 3 rings (SSSR count). The van der Waals surface area contributed by atoms with Crippen molar-refractivity contribution in [1.29, 1.82) is 0 Å². The lowest BCUT2D eigenvalue weighted by molar-refractivity contribution is -0.133. The van der Waals surface area contributed by atoms with Crippen molar-refractivity contribution in [1.82, 2.24) is 5.32 Å². The highest BCUT2D eigenvalue weighted by molar-refractivity contribution is 6.09. The van der Waals surface area contributed by atoms with E-state index in [2.05, 4.69) is 10.5 Å². The van der Waals surface area contributed by atoms with Gasteiger partial charge in [-0.25, -0.2) is 4.39 Å². The smallest absolute Gasteiger partial charge is 0.269 e. The number of hydrogen-bond donors (Lipinski definition) is 1. The van der Waals surface area contributed by atoms with Gasteiger partial charge in [0.1, 0.15) is 5.82 Å². The van der Waals surface area contributed by atoms with Gasteiger partial charge in [-0.1, -0.05) is 47.6 Å². The number of hydrogen-bond acceptors (Lipinski definition) is 3. The molecule has 0 bridgehead atoms. The van der Waals surface area contributed by atoms with E-state index >= 15 is 0 Å². The molecule has 1 amide bonds. The van der Waals surface area contributed by atoms with Crippen LogP contribution >= 0.6 is 0 Å². The van der Waals surface area contributed by atoms with E-state index in [9.17, 15) is 9.18 Å². The van der Waals surface area contributed by atoms with E-state index in [1.807, 2.05) is 30.3 Å². The third-order valence-electron chi connectivity index (χ3n) is 3.17. The van der Waals surface area contributed by atoms with E-state index in [0.717, 1.165) is 5.56 Å². The van der Waals surface area contributed by atoms with Gasteiger partial charge in [0.15, 0.2) is 5.84 Å². The summed E-state index contributed by atoms with van der Waals surface area (Å²) in [5, 5.41) is 6.54. The topological polar surface area (TPSA) is 50.7 Å². The fourth-order valence-corrected chi connectivity index (χ4v) is 2.10. The number of halogens is 1. The fourth-order valence-electron chi connectivity index (χ4n) is 2.10. The van der Waals surface area contributed by atoms with Gasteiger partial charge in [0.05, 0.1) is 0 Å². The summed E-state index contributed by atoms with van der Waals surface area (Å²) in [6.07, 6.45) is -0.239. The molecule has 1 aliphatic rings. The highest BCUT2D eigenvalue weighted by Gasteiger charge is 2.27. The summed E-state index contributed by atoms with van der Waals surface area (Å²) in [5.41, 5.74) is 1.46. The molecular formula is C16H13FN2O2. The molecule has 1 aliphatic heterocycles. The number of amides is 1. The Morgan fingerprint density at radius 3 is 2.67 bits per heavy atom. The highest BCUT2D eigenvalue weighted by atomic mass is 19.1. The number of oxime groups is 1. The predicted octanol–water partition coefficient (Wildman–Crippen LogP) is 2.25. The molecule has 1 atom stereocenters. The van der Waals surface area contributed by atoms with Crippen LogP contribution in [0.2, 0.25) is 0 Å². The Hall–Kier alpha value is -2.69. The lowest BCUT2D eigenvalue weighted by Crippen LogP contribution is -2.45. The summed E-state index contributed by atoms with van der Waals surface area (Å²) in [5.74, 6) is -0.451. The second-order valence-corrected chi connectivity index (χ2v) is 4.72. The summed E-state index contributed by atoms with van der Waals surface area (Å²) in [4.78, 5) is 17.3. The van der Waals surface area contributed by atoms with Crippen LogP contribution in [0.25, 0.3) is 0 Å². The van der Waals surface area contributed by atoms with Gasteiger partial charge in [-0.2, -0.15) is 0 Å². The van der Waals surface area contributed by atoms with Crippen LogP contribution in [0.3, 0.4) is 0 Å². The van der Waals surface area contributed by atoms with Crippen molar-refractivity contribution < 1.29 is 14.0 Å². The van der Waals surface area contributed by atoms with Crippen molar-refractivity contribution >= 4 is 11.7 Å².